The fraction of sp³-hybridized carbons (Fsp3) is 0.333. The van der Waals surface area contributed by atoms with E-state index in [2.05, 4.69) is 5.32 Å². The minimum absolute atomic E-state index is 0.238. The second kappa shape index (κ2) is 4.55. The molecular weight excluding hydrogens is 218 g/mol. The fourth-order valence-corrected chi connectivity index (χ4v) is 1.89. The third-order valence-corrected chi connectivity index (χ3v) is 2.87. The number of nitrogen functional groups attached to an aromatic ring is 1. The molecule has 0 aliphatic carbocycles. The Labute approximate surface area is 99.6 Å². The summed E-state index contributed by atoms with van der Waals surface area (Å²) in [6.45, 7) is 2.57. The van der Waals surface area contributed by atoms with Crippen LogP contribution in [0, 0.1) is 0 Å². The molecule has 5 heteroatoms. The van der Waals surface area contributed by atoms with Crippen LogP contribution in [-0.2, 0) is 16.1 Å². The van der Waals surface area contributed by atoms with Crippen molar-refractivity contribution >= 4 is 17.5 Å². The van der Waals surface area contributed by atoms with Gasteiger partial charge in [-0.25, -0.2) is 0 Å². The van der Waals surface area contributed by atoms with E-state index in [1.807, 2.05) is 23.1 Å². The van der Waals surface area contributed by atoms with Crippen molar-refractivity contribution < 1.29 is 9.59 Å². The number of nitrogens with two attached hydrogens (primary N) is 1. The summed E-state index contributed by atoms with van der Waals surface area (Å²) in [7, 11) is 0. The molecule has 5 nitrogen and oxygen atoms in total. The smallest absolute Gasteiger partial charge is 0.243 e. The first kappa shape index (κ1) is 11.6. The fourth-order valence-electron chi connectivity index (χ4n) is 1.89. The number of nitrogens with one attached hydrogen (secondary N) is 1. The average molecular weight is 233 g/mol. The number of hydrogen-bond acceptors (Lipinski definition) is 4. The van der Waals surface area contributed by atoms with Gasteiger partial charge in [0.25, 0.3) is 0 Å². The summed E-state index contributed by atoms with van der Waals surface area (Å²) in [6, 6.07) is 7.15. The summed E-state index contributed by atoms with van der Waals surface area (Å²) in [5.41, 5.74) is 7.37. The van der Waals surface area contributed by atoms with E-state index in [4.69, 9.17) is 5.73 Å². The molecule has 1 saturated heterocycles. The van der Waals surface area contributed by atoms with Crippen LogP contribution in [-0.4, -0.2) is 29.3 Å². The van der Waals surface area contributed by atoms with Gasteiger partial charge in [0, 0.05) is 12.2 Å². The van der Waals surface area contributed by atoms with Crippen molar-refractivity contribution in [3.8, 4) is 0 Å². The van der Waals surface area contributed by atoms with Gasteiger partial charge in [-0.15, -0.1) is 0 Å². The average Bonchev–Trinajstić information content (AvgIpc) is 2.25. The van der Waals surface area contributed by atoms with Crippen LogP contribution in [0.1, 0.15) is 12.5 Å². The van der Waals surface area contributed by atoms with Crippen LogP contribution in [0.3, 0.4) is 0 Å². The molecule has 3 N–H and O–H groups in total. The molecule has 2 rings (SSSR count). The number of carbonyl (C=O) groups is 2. The lowest BCUT2D eigenvalue weighted by molar-refractivity contribution is -0.139. The molecule has 0 saturated carbocycles. The van der Waals surface area contributed by atoms with Crippen LogP contribution in [0.5, 0.6) is 0 Å². The van der Waals surface area contributed by atoms with Crippen molar-refractivity contribution in [2.45, 2.75) is 19.5 Å². The second-order valence-electron chi connectivity index (χ2n) is 4.24. The van der Waals surface area contributed by atoms with E-state index in [1.54, 1.807) is 13.0 Å². The molecular formula is C12H15N3O2. The van der Waals surface area contributed by atoms with Gasteiger partial charge in [-0.1, -0.05) is 12.1 Å². The Morgan fingerprint density at radius 3 is 2.94 bits per heavy atom. The predicted molar refractivity (Wildman–Crippen MR) is 63.9 cm³/mol. The number of carbonyl (C=O) groups excluding carboxylic acids is 2. The Morgan fingerprint density at radius 1 is 1.47 bits per heavy atom. The molecule has 1 fully saturated rings. The number of anilines is 1. The summed E-state index contributed by atoms with van der Waals surface area (Å²) in [5, 5.41) is 2.31. The lowest BCUT2D eigenvalue weighted by Gasteiger charge is -2.31. The van der Waals surface area contributed by atoms with Crippen LogP contribution in [0.2, 0.25) is 0 Å². The zero-order valence-electron chi connectivity index (χ0n) is 9.64. The molecule has 1 aliphatic rings. The summed E-state index contributed by atoms with van der Waals surface area (Å²) in [4.78, 5) is 24.6. The van der Waals surface area contributed by atoms with Gasteiger partial charge in [-0.2, -0.15) is 0 Å². The van der Waals surface area contributed by atoms with E-state index >= 15 is 0 Å². The number of imide groups is 1. The van der Waals surface area contributed by atoms with Crippen molar-refractivity contribution in [1.82, 2.24) is 10.2 Å². The van der Waals surface area contributed by atoms with E-state index in [0.29, 0.717) is 12.2 Å². The quantitative estimate of drug-likeness (QED) is 0.562. The van der Waals surface area contributed by atoms with Gasteiger partial charge < -0.3 is 5.73 Å². The highest BCUT2D eigenvalue weighted by atomic mass is 16.2. The molecule has 1 aromatic rings. The van der Waals surface area contributed by atoms with Crippen molar-refractivity contribution in [3.05, 3.63) is 29.8 Å². The zero-order chi connectivity index (χ0) is 12.4. The van der Waals surface area contributed by atoms with Crippen LogP contribution in [0.4, 0.5) is 5.69 Å². The summed E-state index contributed by atoms with van der Waals surface area (Å²) in [6.07, 6.45) is 0. The molecule has 1 aliphatic heterocycles. The molecule has 1 atom stereocenters. The van der Waals surface area contributed by atoms with Crippen molar-refractivity contribution in [2.24, 2.45) is 0 Å². The SMILES string of the molecule is CC1C(=O)NC(=O)CN1Cc1cccc(N)c1. The topological polar surface area (TPSA) is 75.4 Å². The Balaban J connectivity index is 2.12. The molecule has 0 aromatic heterocycles. The summed E-state index contributed by atoms with van der Waals surface area (Å²) >= 11 is 0. The standard InChI is InChI=1S/C12H15N3O2/c1-8-12(17)14-11(16)7-15(8)6-9-3-2-4-10(13)5-9/h2-5,8H,6-7,13H2,1H3,(H,14,16,17). The number of amides is 2. The van der Waals surface area contributed by atoms with Crippen molar-refractivity contribution in [3.63, 3.8) is 0 Å². The minimum atomic E-state index is -0.297. The largest absolute Gasteiger partial charge is 0.399 e. The maximum absolute atomic E-state index is 11.5. The van der Waals surface area contributed by atoms with Crippen molar-refractivity contribution in [1.29, 1.82) is 0 Å². The third kappa shape index (κ3) is 2.62. The lowest BCUT2D eigenvalue weighted by atomic mass is 10.1. The Hall–Kier alpha value is -1.88. The van der Waals surface area contributed by atoms with Crippen molar-refractivity contribution in [2.75, 3.05) is 12.3 Å². The highest BCUT2D eigenvalue weighted by Crippen LogP contribution is 2.13. The normalized spacial score (nSPS) is 21.4. The van der Waals surface area contributed by atoms with E-state index in [1.165, 1.54) is 0 Å². The molecule has 17 heavy (non-hydrogen) atoms. The minimum Gasteiger partial charge on any atom is -0.399 e. The maximum Gasteiger partial charge on any atom is 0.243 e. The number of rotatable bonds is 2. The third-order valence-electron chi connectivity index (χ3n) is 2.87. The number of piperazine rings is 1. The predicted octanol–water partition coefficient (Wildman–Crippen LogP) is 0.116. The van der Waals surface area contributed by atoms with E-state index in [-0.39, 0.29) is 24.4 Å². The molecule has 90 valence electrons. The molecule has 0 bridgehead atoms. The zero-order valence-corrected chi connectivity index (χ0v) is 9.64. The number of benzene rings is 1. The number of hydrogen-bond donors (Lipinski definition) is 2. The van der Waals surface area contributed by atoms with Gasteiger partial charge in [0.2, 0.25) is 11.8 Å². The first-order valence-corrected chi connectivity index (χ1v) is 5.48. The maximum atomic E-state index is 11.5. The second-order valence-corrected chi connectivity index (χ2v) is 4.24. The van der Waals surface area contributed by atoms with Gasteiger partial charge in [0.1, 0.15) is 0 Å². The van der Waals surface area contributed by atoms with Crippen LogP contribution >= 0.6 is 0 Å². The molecule has 1 unspecified atom stereocenters. The number of nitrogens with zero attached hydrogens (tertiary/aromatic N) is 1. The van der Waals surface area contributed by atoms with Gasteiger partial charge in [0.15, 0.2) is 0 Å². The molecule has 2 amide bonds. The van der Waals surface area contributed by atoms with Gasteiger partial charge in [0.05, 0.1) is 12.6 Å². The van der Waals surface area contributed by atoms with Crippen LogP contribution < -0.4 is 11.1 Å². The van der Waals surface area contributed by atoms with Crippen LogP contribution in [0.15, 0.2) is 24.3 Å². The molecule has 1 aromatic carbocycles. The van der Waals surface area contributed by atoms with E-state index in [0.717, 1.165) is 5.56 Å². The molecule has 0 radical (unpaired) electrons. The lowest BCUT2D eigenvalue weighted by Crippen LogP contribution is -2.56. The highest BCUT2D eigenvalue weighted by molar-refractivity contribution is 6.00. The van der Waals surface area contributed by atoms with E-state index < -0.39 is 0 Å². The van der Waals surface area contributed by atoms with Gasteiger partial charge >= 0.3 is 0 Å². The monoisotopic (exact) mass is 233 g/mol. The van der Waals surface area contributed by atoms with Gasteiger partial charge in [-0.05, 0) is 24.6 Å². The summed E-state index contributed by atoms with van der Waals surface area (Å²) < 4.78 is 0. The Kier molecular flexibility index (Phi) is 3.10. The van der Waals surface area contributed by atoms with Gasteiger partial charge in [-0.3, -0.25) is 19.8 Å². The van der Waals surface area contributed by atoms with E-state index in [9.17, 15) is 9.59 Å². The van der Waals surface area contributed by atoms with Crippen LogP contribution in [0.25, 0.3) is 0 Å². The molecule has 1 heterocycles. The first-order chi connectivity index (χ1) is 8.06. The Morgan fingerprint density at radius 2 is 2.24 bits per heavy atom. The Bertz CT molecular complexity index is 459. The highest BCUT2D eigenvalue weighted by Gasteiger charge is 2.29. The molecule has 0 spiro atoms. The summed E-state index contributed by atoms with van der Waals surface area (Å²) in [5.74, 6) is -0.498. The first-order valence-electron chi connectivity index (χ1n) is 5.48.